The second-order valence-electron chi connectivity index (χ2n) is 7.47. The van der Waals surface area contributed by atoms with Crippen LogP contribution in [0, 0.1) is 5.92 Å². The van der Waals surface area contributed by atoms with Gasteiger partial charge in [-0.2, -0.15) is 0 Å². The van der Waals surface area contributed by atoms with Crippen LogP contribution in [0.4, 0.5) is 0 Å². The van der Waals surface area contributed by atoms with Crippen molar-refractivity contribution in [1.29, 1.82) is 0 Å². The highest BCUT2D eigenvalue weighted by atomic mass is 16.2. The lowest BCUT2D eigenvalue weighted by Crippen LogP contribution is -2.37. The van der Waals surface area contributed by atoms with E-state index in [-0.39, 0.29) is 11.9 Å². The third-order valence-electron chi connectivity index (χ3n) is 5.46. The average Bonchev–Trinajstić information content (AvgIpc) is 2.73. The highest BCUT2D eigenvalue weighted by Gasteiger charge is 2.25. The molecule has 3 rings (SSSR count). The van der Waals surface area contributed by atoms with Gasteiger partial charge in [0.15, 0.2) is 0 Å². The number of hydrogen-bond donors (Lipinski definition) is 1. The first-order chi connectivity index (χ1) is 13.5. The average molecular weight is 381 g/mol. The van der Waals surface area contributed by atoms with Crippen molar-refractivity contribution in [3.8, 4) is 0 Å². The zero-order valence-corrected chi connectivity index (χ0v) is 16.4. The first kappa shape index (κ1) is 19.9. The molecule has 2 aromatic rings. The third-order valence-corrected chi connectivity index (χ3v) is 5.46. The van der Waals surface area contributed by atoms with Gasteiger partial charge in [-0.15, -0.1) is 0 Å². The van der Waals surface area contributed by atoms with Crippen LogP contribution >= 0.6 is 0 Å². The van der Waals surface area contributed by atoms with E-state index in [1.807, 2.05) is 30.3 Å². The monoisotopic (exact) mass is 381 g/mol. The predicted molar refractivity (Wildman–Crippen MR) is 110 cm³/mol. The van der Waals surface area contributed by atoms with E-state index in [2.05, 4.69) is 5.32 Å². The van der Waals surface area contributed by atoms with Crippen molar-refractivity contribution in [3.63, 3.8) is 0 Å². The molecule has 0 radical (unpaired) electrons. The van der Waals surface area contributed by atoms with Gasteiger partial charge in [-0.1, -0.05) is 49.6 Å². The van der Waals surface area contributed by atoms with Crippen LogP contribution in [-0.2, 0) is 18.9 Å². The zero-order valence-electron chi connectivity index (χ0n) is 16.4. The smallest absolute Gasteiger partial charge is 0.330 e. The molecule has 0 bridgehead atoms. The molecule has 1 heterocycles. The van der Waals surface area contributed by atoms with Gasteiger partial charge in [0.05, 0.1) is 11.6 Å². The molecule has 0 saturated heterocycles. The third kappa shape index (κ3) is 4.50. The van der Waals surface area contributed by atoms with Crippen LogP contribution in [-0.4, -0.2) is 15.0 Å². The Labute approximate surface area is 164 Å². The van der Waals surface area contributed by atoms with Crippen molar-refractivity contribution in [2.45, 2.75) is 38.1 Å². The predicted octanol–water partition coefficient (Wildman–Crippen LogP) is 2.54. The van der Waals surface area contributed by atoms with Crippen LogP contribution < -0.4 is 16.6 Å². The summed E-state index contributed by atoms with van der Waals surface area (Å²) in [6.45, 7) is 0. The maximum Gasteiger partial charge on any atom is 0.330 e. The van der Waals surface area contributed by atoms with E-state index in [9.17, 15) is 14.4 Å². The van der Waals surface area contributed by atoms with E-state index >= 15 is 0 Å². The number of aryl methyl sites for hydroxylation is 1. The summed E-state index contributed by atoms with van der Waals surface area (Å²) in [5.41, 5.74) is 0.593. The Morgan fingerprint density at radius 2 is 1.79 bits per heavy atom. The fourth-order valence-electron chi connectivity index (χ4n) is 3.92. The van der Waals surface area contributed by atoms with Gasteiger partial charge in [0.2, 0.25) is 5.91 Å². The van der Waals surface area contributed by atoms with Crippen LogP contribution in [0.3, 0.4) is 0 Å². The summed E-state index contributed by atoms with van der Waals surface area (Å²) in [6.07, 6.45) is 10.1. The van der Waals surface area contributed by atoms with Crippen molar-refractivity contribution < 1.29 is 4.79 Å². The number of nitrogens with zero attached hydrogens (tertiary/aromatic N) is 2. The molecule has 148 valence electrons. The fraction of sp³-hybridized carbons (Fsp3) is 0.409. The molecule has 1 atom stereocenters. The number of amides is 1. The van der Waals surface area contributed by atoms with Crippen molar-refractivity contribution in [1.82, 2.24) is 14.5 Å². The Kier molecular flexibility index (Phi) is 6.29. The first-order valence-corrected chi connectivity index (χ1v) is 9.77. The zero-order chi connectivity index (χ0) is 20.1. The Hall–Kier alpha value is -2.89. The summed E-state index contributed by atoms with van der Waals surface area (Å²) in [5, 5.41) is 3.13. The normalized spacial score (nSPS) is 16.2. The molecule has 0 aliphatic heterocycles. The van der Waals surface area contributed by atoms with E-state index < -0.39 is 11.2 Å². The number of carbonyl (C=O) groups is 1. The van der Waals surface area contributed by atoms with Gasteiger partial charge in [-0.3, -0.25) is 14.2 Å². The molecule has 6 heteroatoms. The van der Waals surface area contributed by atoms with Crippen molar-refractivity contribution in [3.05, 3.63) is 74.6 Å². The number of rotatable bonds is 5. The molecule has 6 nitrogen and oxygen atoms in total. The molecule has 1 N–H and O–H groups in total. The fourth-order valence-corrected chi connectivity index (χ4v) is 3.92. The lowest BCUT2D eigenvalue weighted by atomic mass is 9.81. The van der Waals surface area contributed by atoms with Gasteiger partial charge in [-0.25, -0.2) is 4.79 Å². The number of aromatic nitrogens is 2. The van der Waals surface area contributed by atoms with Gasteiger partial charge < -0.3 is 9.88 Å². The summed E-state index contributed by atoms with van der Waals surface area (Å²) in [4.78, 5) is 36.6. The van der Waals surface area contributed by atoms with Crippen LogP contribution in [0.15, 0.2) is 52.2 Å². The molecule has 0 spiro atoms. The first-order valence-electron chi connectivity index (χ1n) is 9.77. The number of carbonyl (C=O) groups excluding carboxylic acids is 1. The van der Waals surface area contributed by atoms with Crippen molar-refractivity contribution >= 4 is 12.0 Å². The van der Waals surface area contributed by atoms with Gasteiger partial charge in [0.1, 0.15) is 0 Å². The van der Waals surface area contributed by atoms with E-state index in [1.165, 1.54) is 49.2 Å². The molecule has 1 unspecified atom stereocenters. The molecule has 1 saturated carbocycles. The summed E-state index contributed by atoms with van der Waals surface area (Å²) < 4.78 is 2.36. The maximum absolute atomic E-state index is 12.6. The lowest BCUT2D eigenvalue weighted by molar-refractivity contribution is -0.117. The largest absolute Gasteiger partial charge is 0.345 e. The minimum atomic E-state index is -0.418. The Morgan fingerprint density at radius 1 is 1.11 bits per heavy atom. The minimum absolute atomic E-state index is 0.0402. The van der Waals surface area contributed by atoms with Gasteiger partial charge in [0, 0.05) is 26.4 Å². The van der Waals surface area contributed by atoms with Gasteiger partial charge >= 0.3 is 5.69 Å². The Balaban J connectivity index is 1.80. The lowest BCUT2D eigenvalue weighted by Gasteiger charge is -2.31. The Morgan fingerprint density at radius 3 is 2.46 bits per heavy atom. The highest BCUT2D eigenvalue weighted by molar-refractivity contribution is 5.91. The van der Waals surface area contributed by atoms with Gasteiger partial charge in [-0.05, 0) is 30.4 Å². The maximum atomic E-state index is 12.6. The van der Waals surface area contributed by atoms with Gasteiger partial charge in [0.25, 0.3) is 5.56 Å². The summed E-state index contributed by atoms with van der Waals surface area (Å²) in [6, 6.07) is 10.0. The second kappa shape index (κ2) is 8.87. The van der Waals surface area contributed by atoms with Crippen LogP contribution in [0.2, 0.25) is 0 Å². The number of benzene rings is 1. The molecule has 1 aromatic heterocycles. The van der Waals surface area contributed by atoms with E-state index in [4.69, 9.17) is 0 Å². The summed E-state index contributed by atoms with van der Waals surface area (Å²) >= 11 is 0. The molecule has 1 aromatic carbocycles. The summed E-state index contributed by atoms with van der Waals surface area (Å²) in [5.74, 6) is 0.175. The summed E-state index contributed by atoms with van der Waals surface area (Å²) in [7, 11) is 3.00. The standard InChI is InChI=1S/C22H27N3O3/c1-24-15-18(21(27)25(2)22(24)28)13-14-19(26)23-20(16-9-5-3-6-10-16)17-11-7-4-8-12-17/h3,5-6,9-10,13-15,17,20H,4,7-8,11-12H2,1-2H3,(H,23,26)/b14-13+. The quantitative estimate of drug-likeness (QED) is 0.809. The number of nitrogens with one attached hydrogen (secondary N) is 1. The van der Waals surface area contributed by atoms with E-state index in [0.29, 0.717) is 11.5 Å². The van der Waals surface area contributed by atoms with Crippen LogP contribution in [0.1, 0.15) is 49.3 Å². The molecule has 28 heavy (non-hydrogen) atoms. The molecule has 1 amide bonds. The van der Waals surface area contributed by atoms with Crippen LogP contribution in [0.5, 0.6) is 0 Å². The van der Waals surface area contributed by atoms with E-state index in [0.717, 1.165) is 23.0 Å². The number of hydrogen-bond acceptors (Lipinski definition) is 3. The molecular formula is C22H27N3O3. The topological polar surface area (TPSA) is 73.1 Å². The van der Waals surface area contributed by atoms with E-state index in [1.54, 1.807) is 7.05 Å². The molecule has 1 aliphatic carbocycles. The highest BCUT2D eigenvalue weighted by Crippen LogP contribution is 2.34. The van der Waals surface area contributed by atoms with Crippen LogP contribution in [0.25, 0.3) is 6.08 Å². The molecule has 1 fully saturated rings. The Bertz CT molecular complexity index is 967. The minimum Gasteiger partial charge on any atom is -0.345 e. The molecule has 1 aliphatic rings. The SMILES string of the molecule is Cn1cc(/C=C/C(=O)NC(c2ccccc2)C2CCCCC2)c(=O)n(C)c1=O. The van der Waals surface area contributed by atoms with Crippen molar-refractivity contribution in [2.24, 2.45) is 20.0 Å². The second-order valence-corrected chi connectivity index (χ2v) is 7.47. The molecular weight excluding hydrogens is 354 g/mol. The van der Waals surface area contributed by atoms with Crippen molar-refractivity contribution in [2.75, 3.05) is 0 Å².